The van der Waals surface area contributed by atoms with Crippen molar-refractivity contribution in [1.82, 2.24) is 10.4 Å². The van der Waals surface area contributed by atoms with Gasteiger partial charge >= 0.3 is 0 Å². The first-order valence-electron chi connectivity index (χ1n) is 9.58. The highest BCUT2D eigenvalue weighted by atomic mass is 79.9. The Labute approximate surface area is 200 Å². The van der Waals surface area contributed by atoms with Crippen LogP contribution < -0.4 is 19.2 Å². The molecule has 1 aromatic heterocycles. The second-order valence-corrected chi connectivity index (χ2v) is 9.28. The second-order valence-electron chi connectivity index (χ2n) is 6.57. The third kappa shape index (κ3) is 5.88. The Bertz CT molecular complexity index is 1240. The smallest absolute Gasteiger partial charge is 0.264 e. The molecule has 0 spiro atoms. The van der Waals surface area contributed by atoms with Gasteiger partial charge in [-0.1, -0.05) is 18.2 Å². The summed E-state index contributed by atoms with van der Waals surface area (Å²) in [6.45, 7) is -0.490. The molecule has 2 aromatic carbocycles. The van der Waals surface area contributed by atoms with E-state index in [-0.39, 0.29) is 10.6 Å². The van der Waals surface area contributed by atoms with Gasteiger partial charge in [-0.3, -0.25) is 14.1 Å². The lowest BCUT2D eigenvalue weighted by molar-refractivity contribution is -0.119. The van der Waals surface area contributed by atoms with E-state index in [4.69, 9.17) is 9.47 Å². The van der Waals surface area contributed by atoms with Crippen LogP contribution >= 0.6 is 15.9 Å². The maximum absolute atomic E-state index is 13.2. The maximum atomic E-state index is 13.2. The summed E-state index contributed by atoms with van der Waals surface area (Å²) in [6.07, 6.45) is 4.30. The van der Waals surface area contributed by atoms with Crippen molar-refractivity contribution in [1.29, 1.82) is 0 Å². The fourth-order valence-corrected chi connectivity index (χ4v) is 4.94. The minimum atomic E-state index is -4.00. The SMILES string of the molecule is COc1cc(/C=N\NC(=O)CN(c2cccnc2)S(=O)(=O)c2ccccc2)cc(Br)c1OC. The Morgan fingerprint density at radius 1 is 1.15 bits per heavy atom. The van der Waals surface area contributed by atoms with Gasteiger partial charge in [-0.15, -0.1) is 0 Å². The number of nitrogens with zero attached hydrogens (tertiary/aromatic N) is 3. The topological polar surface area (TPSA) is 110 Å². The van der Waals surface area contributed by atoms with Crippen molar-refractivity contribution < 1.29 is 22.7 Å². The largest absolute Gasteiger partial charge is 0.493 e. The van der Waals surface area contributed by atoms with E-state index in [9.17, 15) is 13.2 Å². The molecule has 0 saturated heterocycles. The van der Waals surface area contributed by atoms with Gasteiger partial charge in [0, 0.05) is 6.20 Å². The van der Waals surface area contributed by atoms with Crippen LogP contribution in [0.5, 0.6) is 11.5 Å². The van der Waals surface area contributed by atoms with Crippen LogP contribution in [0.1, 0.15) is 5.56 Å². The predicted molar refractivity (Wildman–Crippen MR) is 128 cm³/mol. The zero-order valence-corrected chi connectivity index (χ0v) is 20.2. The molecule has 3 aromatic rings. The number of amides is 1. The highest BCUT2D eigenvalue weighted by Gasteiger charge is 2.27. The summed E-state index contributed by atoms with van der Waals surface area (Å²) in [4.78, 5) is 16.6. The number of nitrogens with one attached hydrogen (secondary N) is 1. The third-order valence-corrected chi connectivity index (χ3v) is 6.79. The van der Waals surface area contributed by atoms with Gasteiger partial charge in [-0.2, -0.15) is 5.10 Å². The van der Waals surface area contributed by atoms with Gasteiger partial charge in [0.25, 0.3) is 15.9 Å². The number of methoxy groups -OCH3 is 2. The highest BCUT2D eigenvalue weighted by molar-refractivity contribution is 9.10. The molecule has 1 amide bonds. The van der Waals surface area contributed by atoms with Crippen LogP contribution in [0.3, 0.4) is 0 Å². The van der Waals surface area contributed by atoms with Crippen LogP contribution in [-0.4, -0.2) is 46.3 Å². The number of aromatic nitrogens is 1. The lowest BCUT2D eigenvalue weighted by atomic mass is 10.2. The van der Waals surface area contributed by atoms with Gasteiger partial charge in [0.1, 0.15) is 6.54 Å². The molecule has 0 unspecified atom stereocenters. The van der Waals surface area contributed by atoms with Crippen molar-refractivity contribution in [2.75, 3.05) is 25.1 Å². The number of pyridine rings is 1. The summed E-state index contributed by atoms with van der Waals surface area (Å²) < 4.78 is 38.5. The fourth-order valence-electron chi connectivity index (χ4n) is 2.89. The molecule has 3 rings (SSSR count). The number of hydrogen-bond acceptors (Lipinski definition) is 7. The Morgan fingerprint density at radius 2 is 1.91 bits per heavy atom. The Balaban J connectivity index is 1.79. The van der Waals surface area contributed by atoms with E-state index in [0.29, 0.717) is 21.5 Å². The number of sulfonamides is 1. The van der Waals surface area contributed by atoms with E-state index in [1.165, 1.54) is 45.0 Å². The fraction of sp³-hybridized carbons (Fsp3) is 0.136. The minimum absolute atomic E-state index is 0.0559. The molecule has 0 saturated carbocycles. The van der Waals surface area contributed by atoms with Crippen LogP contribution in [0.4, 0.5) is 5.69 Å². The monoisotopic (exact) mass is 532 g/mol. The molecular weight excluding hydrogens is 512 g/mol. The van der Waals surface area contributed by atoms with Gasteiger partial charge in [0.15, 0.2) is 11.5 Å². The zero-order valence-electron chi connectivity index (χ0n) is 17.8. The first-order valence-corrected chi connectivity index (χ1v) is 11.8. The summed E-state index contributed by atoms with van der Waals surface area (Å²) in [5.74, 6) is 0.377. The van der Waals surface area contributed by atoms with Crippen LogP contribution in [0.25, 0.3) is 0 Å². The number of carbonyl (C=O) groups is 1. The number of benzene rings is 2. The van der Waals surface area contributed by atoms with Crippen LogP contribution in [0.2, 0.25) is 0 Å². The lowest BCUT2D eigenvalue weighted by Gasteiger charge is -2.23. The average Bonchev–Trinajstić information content (AvgIpc) is 2.83. The molecule has 0 fully saturated rings. The van der Waals surface area contributed by atoms with Crippen molar-refractivity contribution in [3.8, 4) is 11.5 Å². The van der Waals surface area contributed by atoms with Crippen LogP contribution in [0.15, 0.2) is 81.5 Å². The molecule has 33 heavy (non-hydrogen) atoms. The van der Waals surface area contributed by atoms with E-state index in [1.807, 2.05) is 0 Å². The van der Waals surface area contributed by atoms with Crippen molar-refractivity contribution in [3.05, 3.63) is 77.0 Å². The molecule has 0 aliphatic heterocycles. The molecule has 9 nitrogen and oxygen atoms in total. The Kier molecular flexibility index (Phi) is 8.01. The van der Waals surface area contributed by atoms with Crippen molar-refractivity contribution in [2.45, 2.75) is 4.90 Å². The number of hydrogen-bond donors (Lipinski definition) is 1. The van der Waals surface area contributed by atoms with Gasteiger partial charge in [0.05, 0.1) is 41.7 Å². The predicted octanol–water partition coefficient (Wildman–Crippen LogP) is 3.21. The summed E-state index contributed by atoms with van der Waals surface area (Å²) >= 11 is 3.39. The van der Waals surface area contributed by atoms with Crippen LogP contribution in [0, 0.1) is 0 Å². The molecule has 0 atom stereocenters. The molecule has 0 aliphatic carbocycles. The van der Waals surface area contributed by atoms with Crippen molar-refractivity contribution in [3.63, 3.8) is 0 Å². The second kappa shape index (κ2) is 10.9. The number of anilines is 1. The number of carbonyl (C=O) groups excluding carboxylic acids is 1. The number of halogens is 1. The Hall–Kier alpha value is -3.44. The van der Waals surface area contributed by atoms with Gasteiger partial charge in [-0.05, 0) is 57.9 Å². The average molecular weight is 533 g/mol. The molecule has 0 radical (unpaired) electrons. The molecule has 1 heterocycles. The number of rotatable bonds is 9. The summed E-state index contributed by atoms with van der Waals surface area (Å²) in [7, 11) is -0.976. The Morgan fingerprint density at radius 3 is 2.55 bits per heavy atom. The zero-order chi connectivity index (χ0) is 23.8. The quantitative estimate of drug-likeness (QED) is 0.334. The van der Waals surface area contributed by atoms with E-state index < -0.39 is 22.5 Å². The van der Waals surface area contributed by atoms with Gasteiger partial charge in [0.2, 0.25) is 0 Å². The van der Waals surface area contributed by atoms with E-state index in [0.717, 1.165) is 4.31 Å². The minimum Gasteiger partial charge on any atom is -0.493 e. The summed E-state index contributed by atoms with van der Waals surface area (Å²) in [5.41, 5.74) is 3.24. The molecule has 11 heteroatoms. The van der Waals surface area contributed by atoms with E-state index in [2.05, 4.69) is 31.4 Å². The molecule has 0 aliphatic rings. The van der Waals surface area contributed by atoms with E-state index in [1.54, 1.807) is 42.5 Å². The van der Waals surface area contributed by atoms with Crippen molar-refractivity contribution in [2.24, 2.45) is 5.10 Å². The maximum Gasteiger partial charge on any atom is 0.264 e. The standard InChI is InChI=1S/C22H21BrN4O5S/c1-31-20-12-16(11-19(23)22(20)32-2)13-25-26-21(28)15-27(17-7-6-10-24-14-17)33(29,30)18-8-4-3-5-9-18/h3-14H,15H2,1-2H3,(H,26,28)/b25-13-. The number of ether oxygens (including phenoxy) is 2. The first-order chi connectivity index (χ1) is 15.9. The van der Waals surface area contributed by atoms with Gasteiger partial charge < -0.3 is 9.47 Å². The molecular formula is C22H21BrN4O5S. The van der Waals surface area contributed by atoms with Crippen molar-refractivity contribution >= 4 is 43.8 Å². The third-order valence-electron chi connectivity index (χ3n) is 4.41. The number of hydrazone groups is 1. The summed E-state index contributed by atoms with van der Waals surface area (Å²) in [6, 6.07) is 14.4. The van der Waals surface area contributed by atoms with Crippen LogP contribution in [-0.2, 0) is 14.8 Å². The van der Waals surface area contributed by atoms with E-state index >= 15 is 0 Å². The normalized spacial score (nSPS) is 11.2. The molecule has 0 bridgehead atoms. The highest BCUT2D eigenvalue weighted by Crippen LogP contribution is 2.35. The first kappa shape index (κ1) is 24.2. The summed E-state index contributed by atoms with van der Waals surface area (Å²) in [5, 5.41) is 3.94. The molecule has 1 N–H and O–H groups in total. The lowest BCUT2D eigenvalue weighted by Crippen LogP contribution is -2.39. The van der Waals surface area contributed by atoms with Gasteiger partial charge in [-0.25, -0.2) is 13.8 Å². The molecule has 172 valence electrons.